The predicted octanol–water partition coefficient (Wildman–Crippen LogP) is 4.74. The molecule has 0 bridgehead atoms. The van der Waals surface area contributed by atoms with E-state index in [2.05, 4.69) is 36.4 Å². The van der Waals surface area contributed by atoms with Gasteiger partial charge in [0.1, 0.15) is 21.1 Å². The fourth-order valence-corrected chi connectivity index (χ4v) is 4.36. The zero-order valence-corrected chi connectivity index (χ0v) is 17.4. The highest BCUT2D eigenvalue weighted by Gasteiger charge is 2.25. The van der Waals surface area contributed by atoms with Crippen LogP contribution in [-0.2, 0) is 0 Å². The number of halogens is 3. The maximum atomic E-state index is 13.5. The number of thiophene rings is 1. The number of nitrogens with zero attached hydrogens (tertiary/aromatic N) is 2. The lowest BCUT2D eigenvalue weighted by Crippen LogP contribution is -2.17. The molecule has 30 heavy (non-hydrogen) atoms. The van der Waals surface area contributed by atoms with Crippen LogP contribution in [0.25, 0.3) is 21.3 Å². The zero-order chi connectivity index (χ0) is 21.4. The number of benzene rings is 1. The number of primary amides is 1. The van der Waals surface area contributed by atoms with Gasteiger partial charge in [0.25, 0.3) is 18.2 Å². The number of fused-ring (bicyclic) bond motifs is 1. The first-order chi connectivity index (χ1) is 14.4. The Kier molecular flexibility index (Phi) is 5.31. The van der Waals surface area contributed by atoms with Gasteiger partial charge in [-0.15, -0.1) is 11.3 Å². The summed E-state index contributed by atoms with van der Waals surface area (Å²) in [5.74, 6) is -1.40. The molecule has 2 amide bonds. The SMILES string of the molecule is NC(=O)c1sc2nc(C(F)F)cc(-c3ccccc3)c2c1NC(=O)c1[nH]ncc1Br. The quantitative estimate of drug-likeness (QED) is 0.374. The van der Waals surface area contributed by atoms with Crippen LogP contribution in [0.4, 0.5) is 14.5 Å². The van der Waals surface area contributed by atoms with Crippen molar-refractivity contribution in [3.05, 3.63) is 63.3 Å². The second kappa shape index (κ2) is 7.92. The van der Waals surface area contributed by atoms with Crippen LogP contribution in [0.2, 0.25) is 0 Å². The van der Waals surface area contributed by atoms with Crippen molar-refractivity contribution in [3.63, 3.8) is 0 Å². The first-order valence-corrected chi connectivity index (χ1v) is 10.1. The molecule has 3 aromatic heterocycles. The fraction of sp³-hybridized carbons (Fsp3) is 0.0526. The average Bonchev–Trinajstić information content (AvgIpc) is 3.31. The molecule has 4 N–H and O–H groups in total. The Balaban J connectivity index is 1.98. The number of carbonyl (C=O) groups is 2. The summed E-state index contributed by atoms with van der Waals surface area (Å²) in [6.45, 7) is 0. The number of hydrogen-bond donors (Lipinski definition) is 3. The maximum absolute atomic E-state index is 13.5. The number of H-pyrrole nitrogens is 1. The molecule has 1 aromatic carbocycles. The number of aromatic amines is 1. The Hall–Kier alpha value is -3.18. The number of aromatic nitrogens is 3. The standard InChI is InChI=1S/C19H12BrF2N5O2S/c20-10-7-24-27-13(10)18(29)26-14-12-9(8-4-2-1-3-5-8)6-11(16(21)22)25-19(12)30-15(14)17(23)28/h1-7,16H,(H2,23,28)(H,24,27)(H,26,29). The van der Waals surface area contributed by atoms with Gasteiger partial charge in [0.2, 0.25) is 0 Å². The van der Waals surface area contributed by atoms with E-state index >= 15 is 0 Å². The van der Waals surface area contributed by atoms with Crippen LogP contribution in [0.3, 0.4) is 0 Å². The summed E-state index contributed by atoms with van der Waals surface area (Å²) in [7, 11) is 0. The number of amides is 2. The molecule has 0 aliphatic heterocycles. The number of anilines is 1. The minimum atomic E-state index is -2.81. The molecule has 0 aliphatic rings. The van der Waals surface area contributed by atoms with Crippen molar-refractivity contribution in [2.45, 2.75) is 6.43 Å². The molecular weight excluding hydrogens is 480 g/mol. The van der Waals surface area contributed by atoms with E-state index in [9.17, 15) is 18.4 Å². The third-order valence-electron chi connectivity index (χ3n) is 4.27. The minimum absolute atomic E-state index is 0.00471. The van der Waals surface area contributed by atoms with Gasteiger partial charge in [-0.3, -0.25) is 14.7 Å². The highest BCUT2D eigenvalue weighted by Crippen LogP contribution is 2.42. The summed E-state index contributed by atoms with van der Waals surface area (Å²) in [5, 5.41) is 9.33. The van der Waals surface area contributed by atoms with Crippen LogP contribution < -0.4 is 11.1 Å². The topological polar surface area (TPSA) is 114 Å². The van der Waals surface area contributed by atoms with Crippen molar-refractivity contribution in [3.8, 4) is 11.1 Å². The van der Waals surface area contributed by atoms with Crippen molar-refractivity contribution >= 4 is 55.0 Å². The van der Waals surface area contributed by atoms with Crippen LogP contribution in [0, 0.1) is 0 Å². The molecule has 0 atom stereocenters. The third-order valence-corrected chi connectivity index (χ3v) is 5.97. The fourth-order valence-electron chi connectivity index (χ4n) is 2.97. The van der Waals surface area contributed by atoms with E-state index < -0.39 is 23.9 Å². The number of rotatable bonds is 5. The molecule has 152 valence electrons. The average molecular weight is 492 g/mol. The number of nitrogens with two attached hydrogens (primary N) is 1. The molecule has 0 aliphatic carbocycles. The summed E-state index contributed by atoms with van der Waals surface area (Å²) in [6.07, 6.45) is -1.41. The molecule has 0 fully saturated rings. The Morgan fingerprint density at radius 1 is 1.23 bits per heavy atom. The van der Waals surface area contributed by atoms with Gasteiger partial charge in [0, 0.05) is 5.39 Å². The lowest BCUT2D eigenvalue weighted by molar-refractivity contribution is 0.100. The molecule has 7 nitrogen and oxygen atoms in total. The van der Waals surface area contributed by atoms with E-state index in [0.29, 0.717) is 21.0 Å². The van der Waals surface area contributed by atoms with Crippen LogP contribution in [0.15, 0.2) is 47.1 Å². The van der Waals surface area contributed by atoms with E-state index in [1.165, 1.54) is 12.3 Å². The molecule has 4 aromatic rings. The first-order valence-electron chi connectivity index (χ1n) is 8.47. The number of alkyl halides is 2. The molecule has 0 unspecified atom stereocenters. The van der Waals surface area contributed by atoms with Gasteiger partial charge in [-0.2, -0.15) is 5.10 Å². The van der Waals surface area contributed by atoms with Crippen molar-refractivity contribution in [2.75, 3.05) is 5.32 Å². The van der Waals surface area contributed by atoms with Crippen molar-refractivity contribution in [1.82, 2.24) is 15.2 Å². The molecule has 3 heterocycles. The highest BCUT2D eigenvalue weighted by atomic mass is 79.9. The third kappa shape index (κ3) is 3.57. The second-order valence-corrected chi connectivity index (χ2v) is 8.01. The van der Waals surface area contributed by atoms with Gasteiger partial charge in [-0.1, -0.05) is 30.3 Å². The lowest BCUT2D eigenvalue weighted by Gasteiger charge is -2.10. The number of nitrogens with one attached hydrogen (secondary N) is 2. The van der Waals surface area contributed by atoms with Gasteiger partial charge in [0.15, 0.2) is 0 Å². The molecule has 0 saturated carbocycles. The van der Waals surface area contributed by atoms with Crippen molar-refractivity contribution < 1.29 is 18.4 Å². The Bertz CT molecular complexity index is 1270. The summed E-state index contributed by atoms with van der Waals surface area (Å²) in [5.41, 5.74) is 6.33. The van der Waals surface area contributed by atoms with Gasteiger partial charge in [-0.05, 0) is 33.1 Å². The Labute approximate surface area is 180 Å². The van der Waals surface area contributed by atoms with E-state index in [1.807, 2.05) is 0 Å². The summed E-state index contributed by atoms with van der Waals surface area (Å²) in [6, 6.07) is 10.0. The van der Waals surface area contributed by atoms with E-state index in [0.717, 1.165) is 11.3 Å². The molecule has 11 heteroatoms. The molecule has 0 spiro atoms. The second-order valence-electron chi connectivity index (χ2n) is 6.16. The summed E-state index contributed by atoms with van der Waals surface area (Å²) < 4.78 is 27.3. The minimum Gasteiger partial charge on any atom is -0.365 e. The zero-order valence-electron chi connectivity index (χ0n) is 14.9. The highest BCUT2D eigenvalue weighted by molar-refractivity contribution is 9.10. The van der Waals surface area contributed by atoms with E-state index in [4.69, 9.17) is 5.73 Å². The molecule has 0 radical (unpaired) electrons. The molecule has 4 rings (SSSR count). The number of pyridine rings is 1. The lowest BCUT2D eigenvalue weighted by atomic mass is 10.0. The predicted molar refractivity (Wildman–Crippen MR) is 113 cm³/mol. The smallest absolute Gasteiger partial charge is 0.280 e. The van der Waals surface area contributed by atoms with E-state index in [1.54, 1.807) is 30.3 Å². The van der Waals surface area contributed by atoms with Crippen LogP contribution in [-0.4, -0.2) is 27.0 Å². The van der Waals surface area contributed by atoms with E-state index in [-0.39, 0.29) is 21.1 Å². The first kappa shape index (κ1) is 20.1. The Morgan fingerprint density at radius 2 is 1.97 bits per heavy atom. The number of hydrogen-bond acceptors (Lipinski definition) is 5. The largest absolute Gasteiger partial charge is 0.365 e. The van der Waals surface area contributed by atoms with Gasteiger partial charge >= 0.3 is 0 Å². The normalized spacial score (nSPS) is 11.2. The van der Waals surface area contributed by atoms with Crippen molar-refractivity contribution in [2.24, 2.45) is 5.73 Å². The number of carbonyl (C=O) groups excluding carboxylic acids is 2. The van der Waals surface area contributed by atoms with Gasteiger partial charge in [0.05, 0.1) is 16.4 Å². The van der Waals surface area contributed by atoms with Crippen molar-refractivity contribution in [1.29, 1.82) is 0 Å². The molecular formula is C19H12BrF2N5O2S. The van der Waals surface area contributed by atoms with Crippen LogP contribution >= 0.6 is 27.3 Å². The van der Waals surface area contributed by atoms with Crippen LogP contribution in [0.1, 0.15) is 32.3 Å². The van der Waals surface area contributed by atoms with Gasteiger partial charge in [-0.25, -0.2) is 13.8 Å². The summed E-state index contributed by atoms with van der Waals surface area (Å²) >= 11 is 4.05. The van der Waals surface area contributed by atoms with Crippen LogP contribution in [0.5, 0.6) is 0 Å². The monoisotopic (exact) mass is 491 g/mol. The molecule has 0 saturated heterocycles. The summed E-state index contributed by atoms with van der Waals surface area (Å²) in [4.78, 5) is 29.0. The van der Waals surface area contributed by atoms with Gasteiger partial charge < -0.3 is 11.1 Å². The Morgan fingerprint density at radius 3 is 2.57 bits per heavy atom. The maximum Gasteiger partial charge on any atom is 0.280 e.